The Morgan fingerprint density at radius 1 is 1.28 bits per heavy atom. The van der Waals surface area contributed by atoms with Crippen molar-refractivity contribution >= 4 is 0 Å². The van der Waals surface area contributed by atoms with E-state index in [0.717, 1.165) is 13.0 Å². The highest BCUT2D eigenvalue weighted by molar-refractivity contribution is 5.28. The molecule has 2 aromatic rings. The summed E-state index contributed by atoms with van der Waals surface area (Å²) in [6, 6.07) is 5.94. The predicted octanol–water partition coefficient (Wildman–Crippen LogP) is 2.70. The summed E-state index contributed by atoms with van der Waals surface area (Å²) in [7, 11) is 0. The number of hydrogen-bond acceptors (Lipinski definition) is 3. The molecule has 0 radical (unpaired) electrons. The van der Waals surface area contributed by atoms with E-state index in [1.807, 2.05) is 10.9 Å². The first kappa shape index (κ1) is 11.2. The Kier molecular flexibility index (Phi) is 2.98. The summed E-state index contributed by atoms with van der Waals surface area (Å²) in [5.41, 5.74) is 0. The van der Waals surface area contributed by atoms with Gasteiger partial charge in [0, 0.05) is 0 Å². The molecule has 2 heterocycles. The lowest BCUT2D eigenvalue weighted by Gasteiger charge is -2.09. The van der Waals surface area contributed by atoms with E-state index in [1.54, 1.807) is 18.3 Å². The molecule has 1 saturated heterocycles. The zero-order valence-electron chi connectivity index (χ0n) is 9.84. The summed E-state index contributed by atoms with van der Waals surface area (Å²) < 4.78 is 20.2. The van der Waals surface area contributed by atoms with Gasteiger partial charge in [0.05, 0.1) is 12.4 Å². The third kappa shape index (κ3) is 2.36. The number of hydrogen-bond donors (Lipinski definition) is 1. The van der Waals surface area contributed by atoms with Crippen LogP contribution in [0.4, 0.5) is 4.39 Å². The maximum atomic E-state index is 12.8. The minimum absolute atomic E-state index is 0.260. The van der Waals surface area contributed by atoms with Crippen LogP contribution in [0.5, 0.6) is 11.5 Å². The maximum Gasteiger partial charge on any atom is 0.165 e. The van der Waals surface area contributed by atoms with E-state index in [9.17, 15) is 4.39 Å². The Morgan fingerprint density at radius 3 is 2.83 bits per heavy atom. The molecule has 5 heteroatoms. The topological polar surface area (TPSA) is 39.1 Å². The van der Waals surface area contributed by atoms with Crippen LogP contribution in [-0.2, 0) is 0 Å². The summed E-state index contributed by atoms with van der Waals surface area (Å²) in [5, 5.41) is 7.62. The molecule has 0 aliphatic carbocycles. The highest BCUT2D eigenvalue weighted by atomic mass is 19.1. The Bertz CT molecular complexity index is 517. The third-order valence-electron chi connectivity index (χ3n) is 2.98. The molecular formula is C13H14FN3O. The molecule has 1 atom stereocenters. The fourth-order valence-electron chi connectivity index (χ4n) is 2.07. The Hall–Kier alpha value is -1.88. The van der Waals surface area contributed by atoms with Crippen molar-refractivity contribution in [2.75, 3.05) is 6.54 Å². The highest BCUT2D eigenvalue weighted by Crippen LogP contribution is 2.23. The second-order valence-electron chi connectivity index (χ2n) is 4.32. The van der Waals surface area contributed by atoms with Crippen molar-refractivity contribution in [1.29, 1.82) is 0 Å². The van der Waals surface area contributed by atoms with E-state index in [2.05, 4.69) is 10.4 Å². The van der Waals surface area contributed by atoms with E-state index in [0.29, 0.717) is 11.5 Å². The molecule has 4 nitrogen and oxygen atoms in total. The first-order chi connectivity index (χ1) is 8.81. The number of nitrogens with zero attached hydrogens (tertiary/aromatic N) is 2. The first-order valence-electron chi connectivity index (χ1n) is 6.02. The van der Waals surface area contributed by atoms with Gasteiger partial charge in [-0.05, 0) is 43.7 Å². The van der Waals surface area contributed by atoms with Crippen molar-refractivity contribution < 1.29 is 9.13 Å². The smallest absolute Gasteiger partial charge is 0.165 e. The van der Waals surface area contributed by atoms with Crippen LogP contribution in [0.15, 0.2) is 36.7 Å². The summed E-state index contributed by atoms with van der Waals surface area (Å²) in [4.78, 5) is 0. The molecule has 3 rings (SSSR count). The van der Waals surface area contributed by atoms with E-state index in [4.69, 9.17) is 4.74 Å². The molecule has 1 aromatic heterocycles. The van der Waals surface area contributed by atoms with Crippen LogP contribution in [0, 0.1) is 5.82 Å². The monoisotopic (exact) mass is 247 g/mol. The molecule has 0 saturated carbocycles. The molecule has 18 heavy (non-hydrogen) atoms. The Morgan fingerprint density at radius 2 is 2.11 bits per heavy atom. The fourth-order valence-corrected chi connectivity index (χ4v) is 2.07. The number of ether oxygens (including phenoxy) is 1. The van der Waals surface area contributed by atoms with Gasteiger partial charge in [0.1, 0.15) is 17.7 Å². The molecule has 0 amide bonds. The van der Waals surface area contributed by atoms with Crippen molar-refractivity contribution in [2.45, 2.75) is 19.0 Å². The van der Waals surface area contributed by atoms with Crippen molar-refractivity contribution in [3.05, 3.63) is 42.5 Å². The number of halogens is 1. The van der Waals surface area contributed by atoms with Crippen LogP contribution in [0.3, 0.4) is 0 Å². The lowest BCUT2D eigenvalue weighted by molar-refractivity contribution is 0.420. The number of rotatable bonds is 3. The molecule has 94 valence electrons. The SMILES string of the molecule is Fc1ccc(Oc2cnn(C3CCCN3)c2)cc1. The molecular weight excluding hydrogens is 233 g/mol. The van der Waals surface area contributed by atoms with Gasteiger partial charge in [0.15, 0.2) is 5.75 Å². The Balaban J connectivity index is 1.71. The van der Waals surface area contributed by atoms with E-state index >= 15 is 0 Å². The number of nitrogens with one attached hydrogen (secondary N) is 1. The van der Waals surface area contributed by atoms with Gasteiger partial charge in [-0.2, -0.15) is 5.10 Å². The molecule has 0 spiro atoms. The summed E-state index contributed by atoms with van der Waals surface area (Å²) in [5.74, 6) is 0.999. The summed E-state index contributed by atoms with van der Waals surface area (Å²) in [6.45, 7) is 1.03. The van der Waals surface area contributed by atoms with Crippen molar-refractivity contribution in [1.82, 2.24) is 15.1 Å². The van der Waals surface area contributed by atoms with Gasteiger partial charge in [0.2, 0.25) is 0 Å². The first-order valence-corrected chi connectivity index (χ1v) is 6.02. The van der Waals surface area contributed by atoms with E-state index < -0.39 is 0 Å². The van der Waals surface area contributed by atoms with Crippen LogP contribution in [-0.4, -0.2) is 16.3 Å². The van der Waals surface area contributed by atoms with Crippen molar-refractivity contribution in [3.8, 4) is 11.5 Å². The second kappa shape index (κ2) is 4.78. The van der Waals surface area contributed by atoms with Crippen LogP contribution in [0.1, 0.15) is 19.0 Å². The largest absolute Gasteiger partial charge is 0.454 e. The highest BCUT2D eigenvalue weighted by Gasteiger charge is 2.16. The van der Waals surface area contributed by atoms with Gasteiger partial charge in [-0.1, -0.05) is 0 Å². The van der Waals surface area contributed by atoms with Crippen molar-refractivity contribution in [3.63, 3.8) is 0 Å². The standard InChI is InChI=1S/C13H14FN3O/c14-10-3-5-11(6-4-10)18-12-8-16-17(9-12)13-2-1-7-15-13/h3-6,8-9,13,15H,1-2,7H2. The molecule has 0 bridgehead atoms. The molecule has 1 fully saturated rings. The lowest BCUT2D eigenvalue weighted by Crippen LogP contribution is -2.19. The molecule has 1 aliphatic heterocycles. The molecule has 1 N–H and O–H groups in total. The zero-order chi connectivity index (χ0) is 12.4. The molecule has 1 aromatic carbocycles. The van der Waals surface area contributed by atoms with Crippen molar-refractivity contribution in [2.24, 2.45) is 0 Å². The maximum absolute atomic E-state index is 12.8. The average molecular weight is 247 g/mol. The van der Waals surface area contributed by atoms with E-state index in [-0.39, 0.29) is 12.0 Å². The average Bonchev–Trinajstić information content (AvgIpc) is 3.02. The fraction of sp³-hybridized carbons (Fsp3) is 0.308. The predicted molar refractivity (Wildman–Crippen MR) is 65.0 cm³/mol. The third-order valence-corrected chi connectivity index (χ3v) is 2.98. The minimum atomic E-state index is -0.270. The number of benzene rings is 1. The van der Waals surface area contributed by atoms with Crippen LogP contribution in [0.2, 0.25) is 0 Å². The van der Waals surface area contributed by atoms with Crippen LogP contribution < -0.4 is 10.1 Å². The van der Waals surface area contributed by atoms with Gasteiger partial charge >= 0.3 is 0 Å². The van der Waals surface area contributed by atoms with Gasteiger partial charge in [-0.15, -0.1) is 0 Å². The quantitative estimate of drug-likeness (QED) is 0.906. The normalized spacial score (nSPS) is 19.1. The van der Waals surface area contributed by atoms with Gasteiger partial charge in [0.25, 0.3) is 0 Å². The second-order valence-corrected chi connectivity index (χ2v) is 4.32. The van der Waals surface area contributed by atoms with Gasteiger partial charge in [-0.25, -0.2) is 4.39 Å². The van der Waals surface area contributed by atoms with Crippen LogP contribution >= 0.6 is 0 Å². The summed E-state index contributed by atoms with van der Waals surface area (Å²) >= 11 is 0. The molecule has 1 aliphatic rings. The summed E-state index contributed by atoms with van der Waals surface area (Å²) in [6.07, 6.45) is 6.03. The lowest BCUT2D eigenvalue weighted by atomic mass is 10.3. The minimum Gasteiger partial charge on any atom is -0.454 e. The van der Waals surface area contributed by atoms with Gasteiger partial charge in [-0.3, -0.25) is 10.00 Å². The number of aromatic nitrogens is 2. The van der Waals surface area contributed by atoms with Gasteiger partial charge < -0.3 is 4.74 Å². The Labute approximate surface area is 104 Å². The zero-order valence-corrected chi connectivity index (χ0v) is 9.84. The molecule has 1 unspecified atom stereocenters. The van der Waals surface area contributed by atoms with E-state index in [1.165, 1.54) is 18.6 Å². The van der Waals surface area contributed by atoms with Crippen LogP contribution in [0.25, 0.3) is 0 Å².